The Labute approximate surface area is 194 Å². The van der Waals surface area contributed by atoms with Crippen LogP contribution in [0.25, 0.3) is 5.76 Å². The van der Waals surface area contributed by atoms with Crippen molar-refractivity contribution in [2.45, 2.75) is 12.6 Å². The molecule has 1 aromatic heterocycles. The number of ketones is 1. The second-order valence-corrected chi connectivity index (χ2v) is 8.13. The molecule has 1 atom stereocenters. The summed E-state index contributed by atoms with van der Waals surface area (Å²) in [7, 11) is 0. The summed E-state index contributed by atoms with van der Waals surface area (Å²) >= 11 is 6.06. The number of benzene rings is 2. The Morgan fingerprint density at radius 3 is 2.55 bits per heavy atom. The Hall–Kier alpha value is -3.84. The monoisotopic (exact) mass is 462 g/mol. The third-order valence-electron chi connectivity index (χ3n) is 5.62. The van der Waals surface area contributed by atoms with Crippen molar-refractivity contribution in [1.82, 2.24) is 9.88 Å². The van der Waals surface area contributed by atoms with Crippen LogP contribution in [0.1, 0.15) is 22.7 Å². The van der Waals surface area contributed by atoms with E-state index in [1.165, 1.54) is 4.90 Å². The molecule has 1 N–H and O–H groups in total. The molecule has 1 fully saturated rings. The summed E-state index contributed by atoms with van der Waals surface area (Å²) in [6.45, 7) is 0.982. The van der Waals surface area contributed by atoms with E-state index in [4.69, 9.17) is 21.1 Å². The van der Waals surface area contributed by atoms with Gasteiger partial charge in [-0.3, -0.25) is 14.6 Å². The predicted octanol–water partition coefficient (Wildman–Crippen LogP) is 4.13. The Morgan fingerprint density at radius 1 is 1.06 bits per heavy atom. The number of aliphatic hydroxyl groups is 1. The van der Waals surface area contributed by atoms with Crippen LogP contribution in [0.15, 0.2) is 72.6 Å². The zero-order valence-corrected chi connectivity index (χ0v) is 18.2. The molecule has 2 aromatic carbocycles. The fourth-order valence-electron chi connectivity index (χ4n) is 4.07. The molecule has 3 aromatic rings. The lowest BCUT2D eigenvalue weighted by molar-refractivity contribution is -0.140. The van der Waals surface area contributed by atoms with Gasteiger partial charge in [-0.15, -0.1) is 0 Å². The molecule has 3 heterocycles. The van der Waals surface area contributed by atoms with Crippen LogP contribution in [0, 0.1) is 0 Å². The normalized spacial score (nSPS) is 19.1. The van der Waals surface area contributed by atoms with Crippen molar-refractivity contribution in [1.29, 1.82) is 0 Å². The van der Waals surface area contributed by atoms with Gasteiger partial charge in [0.05, 0.1) is 11.6 Å². The predicted molar refractivity (Wildman–Crippen MR) is 121 cm³/mol. The molecule has 0 spiro atoms. The highest BCUT2D eigenvalue weighted by atomic mass is 35.5. The first-order valence-corrected chi connectivity index (χ1v) is 10.7. The van der Waals surface area contributed by atoms with E-state index in [-0.39, 0.29) is 17.9 Å². The minimum absolute atomic E-state index is 0.00268. The molecule has 1 amide bonds. The fourth-order valence-corrected chi connectivity index (χ4v) is 4.20. The molecule has 0 bridgehead atoms. The quantitative estimate of drug-likeness (QED) is 0.356. The lowest BCUT2D eigenvalue weighted by Crippen LogP contribution is -2.29. The van der Waals surface area contributed by atoms with Crippen LogP contribution in [0.3, 0.4) is 0 Å². The SMILES string of the molecule is O=C1C(=O)N(Cc2cccnc2)C(c2ccc(Cl)cc2)/C1=C(/O)c1ccc2c(c1)OCCO2. The molecule has 166 valence electrons. The van der Waals surface area contributed by atoms with Gasteiger partial charge >= 0.3 is 0 Å². The van der Waals surface area contributed by atoms with Crippen LogP contribution >= 0.6 is 11.6 Å². The largest absolute Gasteiger partial charge is 0.507 e. The number of hydrogen-bond acceptors (Lipinski definition) is 6. The number of pyridine rings is 1. The van der Waals surface area contributed by atoms with Gasteiger partial charge in [-0.05, 0) is 47.5 Å². The number of aliphatic hydroxyl groups excluding tert-OH is 1. The molecule has 2 aliphatic heterocycles. The second kappa shape index (κ2) is 8.60. The fraction of sp³-hybridized carbons (Fsp3) is 0.160. The number of carbonyl (C=O) groups excluding carboxylic acids is 2. The lowest BCUT2D eigenvalue weighted by Gasteiger charge is -2.25. The summed E-state index contributed by atoms with van der Waals surface area (Å²) in [5.74, 6) is -0.704. The number of ether oxygens (including phenoxy) is 2. The highest BCUT2D eigenvalue weighted by molar-refractivity contribution is 6.46. The minimum atomic E-state index is -0.796. The van der Waals surface area contributed by atoms with Gasteiger partial charge in [-0.1, -0.05) is 29.8 Å². The van der Waals surface area contributed by atoms with Crippen molar-refractivity contribution in [2.24, 2.45) is 0 Å². The van der Waals surface area contributed by atoms with Crippen LogP contribution < -0.4 is 9.47 Å². The number of hydrogen-bond donors (Lipinski definition) is 1. The highest BCUT2D eigenvalue weighted by Crippen LogP contribution is 2.42. The van der Waals surface area contributed by atoms with E-state index >= 15 is 0 Å². The summed E-state index contributed by atoms with van der Waals surface area (Å²) in [5.41, 5.74) is 1.78. The molecule has 7 nitrogen and oxygen atoms in total. The number of likely N-dealkylation sites (tertiary alicyclic amines) is 1. The van der Waals surface area contributed by atoms with Crippen LogP contribution in [0.5, 0.6) is 11.5 Å². The average molecular weight is 463 g/mol. The number of aromatic nitrogens is 1. The maximum absolute atomic E-state index is 13.2. The number of rotatable bonds is 4. The van der Waals surface area contributed by atoms with Gasteiger partial charge in [0.25, 0.3) is 11.7 Å². The Kier molecular flexibility index (Phi) is 5.48. The van der Waals surface area contributed by atoms with E-state index in [9.17, 15) is 14.7 Å². The van der Waals surface area contributed by atoms with Crippen molar-refractivity contribution in [3.05, 3.63) is 94.3 Å². The second-order valence-electron chi connectivity index (χ2n) is 7.70. The molecule has 33 heavy (non-hydrogen) atoms. The number of halogens is 1. The molecular formula is C25H19ClN2O5. The Bertz CT molecular complexity index is 1260. The lowest BCUT2D eigenvalue weighted by atomic mass is 9.95. The van der Waals surface area contributed by atoms with Gasteiger partial charge in [-0.25, -0.2) is 0 Å². The van der Waals surface area contributed by atoms with E-state index in [0.29, 0.717) is 40.9 Å². The topological polar surface area (TPSA) is 89.0 Å². The summed E-state index contributed by atoms with van der Waals surface area (Å²) < 4.78 is 11.1. The maximum atomic E-state index is 13.2. The van der Waals surface area contributed by atoms with Crippen molar-refractivity contribution < 1.29 is 24.2 Å². The first kappa shape index (κ1) is 21.0. The van der Waals surface area contributed by atoms with Crippen LogP contribution in [0.4, 0.5) is 0 Å². The summed E-state index contributed by atoms with van der Waals surface area (Å²) in [6.07, 6.45) is 3.27. The van der Waals surface area contributed by atoms with Gasteiger partial charge < -0.3 is 19.5 Å². The van der Waals surface area contributed by atoms with Crippen molar-refractivity contribution in [2.75, 3.05) is 13.2 Å². The molecule has 0 aliphatic carbocycles. The van der Waals surface area contributed by atoms with E-state index in [2.05, 4.69) is 4.98 Å². The van der Waals surface area contributed by atoms with Crippen molar-refractivity contribution in [3.8, 4) is 11.5 Å². The molecule has 1 saturated heterocycles. The summed E-state index contributed by atoms with van der Waals surface area (Å²) in [4.78, 5) is 31.8. The van der Waals surface area contributed by atoms with Crippen molar-refractivity contribution >= 4 is 29.1 Å². The van der Waals surface area contributed by atoms with Crippen LogP contribution in [0.2, 0.25) is 5.02 Å². The highest BCUT2D eigenvalue weighted by Gasteiger charge is 2.46. The standard InChI is InChI=1S/C25H19ClN2O5/c26-18-6-3-16(4-7-18)22-21(23(29)17-5-8-19-20(12-17)33-11-10-32-19)24(30)25(31)28(22)14-15-2-1-9-27-13-15/h1-9,12-13,22,29H,10-11,14H2/b23-21-. The first-order chi connectivity index (χ1) is 16.0. The molecule has 2 aliphatic rings. The number of Topliss-reactive ketones (excluding diaryl/α,β-unsaturated/α-hetero) is 1. The Balaban J connectivity index is 1.63. The number of nitrogens with zero attached hydrogens (tertiary/aromatic N) is 2. The van der Waals surface area contributed by atoms with Gasteiger partial charge in [-0.2, -0.15) is 0 Å². The Morgan fingerprint density at radius 2 is 1.82 bits per heavy atom. The van der Waals surface area contributed by atoms with Crippen LogP contribution in [-0.4, -0.2) is 39.9 Å². The number of carbonyl (C=O) groups is 2. The zero-order valence-electron chi connectivity index (χ0n) is 17.4. The molecule has 0 radical (unpaired) electrons. The third kappa shape index (κ3) is 3.91. The van der Waals surface area contributed by atoms with Gasteiger partial charge in [0.1, 0.15) is 19.0 Å². The van der Waals surface area contributed by atoms with Gasteiger partial charge in [0.2, 0.25) is 0 Å². The molecule has 8 heteroatoms. The summed E-state index contributed by atoms with van der Waals surface area (Å²) in [6, 6.07) is 14.6. The van der Waals surface area contributed by atoms with Crippen LogP contribution in [-0.2, 0) is 16.1 Å². The zero-order chi connectivity index (χ0) is 22.9. The van der Waals surface area contributed by atoms with E-state index in [1.54, 1.807) is 60.9 Å². The van der Waals surface area contributed by atoms with E-state index in [1.807, 2.05) is 6.07 Å². The van der Waals surface area contributed by atoms with Gasteiger partial charge in [0, 0.05) is 29.5 Å². The maximum Gasteiger partial charge on any atom is 0.295 e. The smallest absolute Gasteiger partial charge is 0.295 e. The van der Waals surface area contributed by atoms with E-state index in [0.717, 1.165) is 5.56 Å². The number of amides is 1. The third-order valence-corrected chi connectivity index (χ3v) is 5.87. The molecule has 0 saturated carbocycles. The van der Waals surface area contributed by atoms with Crippen molar-refractivity contribution in [3.63, 3.8) is 0 Å². The van der Waals surface area contributed by atoms with E-state index < -0.39 is 17.7 Å². The minimum Gasteiger partial charge on any atom is -0.507 e. The van der Waals surface area contributed by atoms with Gasteiger partial charge in [0.15, 0.2) is 11.5 Å². The molecular weight excluding hydrogens is 444 g/mol. The number of fused-ring (bicyclic) bond motifs is 1. The summed E-state index contributed by atoms with van der Waals surface area (Å²) in [5, 5.41) is 11.7. The average Bonchev–Trinajstić information content (AvgIpc) is 3.09. The first-order valence-electron chi connectivity index (χ1n) is 10.4. The molecule has 5 rings (SSSR count). The molecule has 1 unspecified atom stereocenters.